The summed E-state index contributed by atoms with van der Waals surface area (Å²) in [5.41, 5.74) is 1.90. The second-order valence-electron chi connectivity index (χ2n) is 5.91. The zero-order valence-corrected chi connectivity index (χ0v) is 13.7. The summed E-state index contributed by atoms with van der Waals surface area (Å²) in [6.07, 6.45) is 0.962. The maximum Gasteiger partial charge on any atom is 0.410 e. The van der Waals surface area contributed by atoms with Crippen LogP contribution in [0.25, 0.3) is 0 Å². The van der Waals surface area contributed by atoms with Crippen molar-refractivity contribution in [3.8, 4) is 0 Å². The predicted molar refractivity (Wildman–Crippen MR) is 86.7 cm³/mol. The highest BCUT2D eigenvalue weighted by molar-refractivity contribution is 5.82. The minimum atomic E-state index is -0.597. The number of amides is 1. The second-order valence-corrected chi connectivity index (χ2v) is 5.91. The van der Waals surface area contributed by atoms with Crippen LogP contribution >= 0.6 is 0 Å². The van der Waals surface area contributed by atoms with Crippen LogP contribution in [0.4, 0.5) is 4.79 Å². The van der Waals surface area contributed by atoms with Crippen LogP contribution in [0.3, 0.4) is 0 Å². The molecule has 0 spiro atoms. The molecule has 5 heteroatoms. The fraction of sp³-hybridized carbons (Fsp3) is 0.444. The van der Waals surface area contributed by atoms with Gasteiger partial charge < -0.3 is 9.47 Å². The molecule has 2 atom stereocenters. The molecule has 1 aromatic rings. The number of methoxy groups -OCH3 is 1. The molecule has 0 saturated carbocycles. The summed E-state index contributed by atoms with van der Waals surface area (Å²) in [5, 5.41) is 0. The van der Waals surface area contributed by atoms with E-state index in [4.69, 9.17) is 9.47 Å². The van der Waals surface area contributed by atoms with Crippen LogP contribution in [0.15, 0.2) is 42.5 Å². The van der Waals surface area contributed by atoms with Crippen LogP contribution in [0.2, 0.25) is 0 Å². The van der Waals surface area contributed by atoms with Gasteiger partial charge in [-0.25, -0.2) is 9.59 Å². The fourth-order valence-corrected chi connectivity index (χ4v) is 2.97. The average Bonchev–Trinajstić information content (AvgIpc) is 2.95. The molecule has 1 saturated heterocycles. The van der Waals surface area contributed by atoms with E-state index < -0.39 is 18.1 Å². The predicted octanol–water partition coefficient (Wildman–Crippen LogP) is 3.15. The van der Waals surface area contributed by atoms with Gasteiger partial charge in [-0.15, -0.1) is 6.58 Å². The van der Waals surface area contributed by atoms with Gasteiger partial charge in [0.15, 0.2) is 0 Å². The maximum atomic E-state index is 12.4. The minimum Gasteiger partial charge on any atom is -0.467 e. The molecule has 1 amide bonds. The Balaban J connectivity index is 2.02. The molecular weight excluding hydrogens is 294 g/mol. The van der Waals surface area contributed by atoms with E-state index in [1.165, 1.54) is 12.0 Å². The van der Waals surface area contributed by atoms with Crippen molar-refractivity contribution in [1.29, 1.82) is 0 Å². The lowest BCUT2D eigenvalue weighted by Gasteiger charge is -2.25. The second kappa shape index (κ2) is 7.81. The highest BCUT2D eigenvalue weighted by atomic mass is 16.6. The first-order valence-corrected chi connectivity index (χ1v) is 7.72. The quantitative estimate of drug-likeness (QED) is 0.618. The molecule has 1 aliphatic rings. The number of esters is 1. The number of rotatable bonds is 5. The number of nitrogens with zero attached hydrogens (tertiary/aromatic N) is 1. The molecule has 2 rings (SSSR count). The molecule has 1 heterocycles. The third-order valence-electron chi connectivity index (χ3n) is 4.02. The van der Waals surface area contributed by atoms with Crippen molar-refractivity contribution >= 4 is 12.1 Å². The molecule has 0 bridgehead atoms. The van der Waals surface area contributed by atoms with E-state index in [1.54, 1.807) is 0 Å². The Morgan fingerprint density at radius 2 is 2.00 bits per heavy atom. The van der Waals surface area contributed by atoms with E-state index in [2.05, 4.69) is 6.58 Å². The maximum absolute atomic E-state index is 12.4. The van der Waals surface area contributed by atoms with Gasteiger partial charge in [0, 0.05) is 6.54 Å². The van der Waals surface area contributed by atoms with E-state index in [0.29, 0.717) is 13.0 Å². The summed E-state index contributed by atoms with van der Waals surface area (Å²) >= 11 is 0. The summed E-state index contributed by atoms with van der Waals surface area (Å²) in [6, 6.07) is 8.86. The van der Waals surface area contributed by atoms with Gasteiger partial charge in [0.2, 0.25) is 0 Å². The molecule has 0 aromatic heterocycles. The first-order valence-electron chi connectivity index (χ1n) is 7.72. The molecule has 0 N–H and O–H groups in total. The number of hydrogen-bond donors (Lipinski definition) is 0. The lowest BCUT2D eigenvalue weighted by molar-refractivity contribution is -0.146. The largest absolute Gasteiger partial charge is 0.467 e. The molecule has 5 nitrogen and oxygen atoms in total. The number of carbonyl (C=O) groups excluding carboxylic acids is 2. The van der Waals surface area contributed by atoms with E-state index in [-0.39, 0.29) is 12.5 Å². The standard InChI is InChI=1S/C18H23NO4/c1-13(2)11-15-9-10-19(16(15)17(20)22-3)18(21)23-12-14-7-5-4-6-8-14/h4-8,15-16H,1,9-12H2,2-3H3/t15-,16+/m1/s1. The third kappa shape index (κ3) is 4.34. The number of allylic oxidation sites excluding steroid dienone is 1. The van der Waals surface area contributed by atoms with Crippen molar-refractivity contribution in [3.63, 3.8) is 0 Å². The van der Waals surface area contributed by atoms with Crippen LogP contribution in [-0.2, 0) is 20.9 Å². The van der Waals surface area contributed by atoms with Crippen LogP contribution in [0.1, 0.15) is 25.3 Å². The fourth-order valence-electron chi connectivity index (χ4n) is 2.97. The third-order valence-corrected chi connectivity index (χ3v) is 4.02. The van der Waals surface area contributed by atoms with Gasteiger partial charge in [0.05, 0.1) is 7.11 Å². The zero-order chi connectivity index (χ0) is 16.8. The number of benzene rings is 1. The molecule has 0 unspecified atom stereocenters. The molecule has 124 valence electrons. The Bertz CT molecular complexity index is 570. The Morgan fingerprint density at radius 3 is 2.61 bits per heavy atom. The van der Waals surface area contributed by atoms with Gasteiger partial charge in [0.1, 0.15) is 12.6 Å². The lowest BCUT2D eigenvalue weighted by atomic mass is 9.93. The summed E-state index contributed by atoms with van der Waals surface area (Å²) in [5.74, 6) is -0.366. The summed E-state index contributed by atoms with van der Waals surface area (Å²) in [7, 11) is 1.34. The summed E-state index contributed by atoms with van der Waals surface area (Å²) < 4.78 is 10.2. The van der Waals surface area contributed by atoms with E-state index in [1.807, 2.05) is 37.3 Å². The van der Waals surface area contributed by atoms with Gasteiger partial charge in [-0.05, 0) is 31.2 Å². The van der Waals surface area contributed by atoms with Gasteiger partial charge >= 0.3 is 12.1 Å². The van der Waals surface area contributed by atoms with Crippen LogP contribution < -0.4 is 0 Å². The van der Waals surface area contributed by atoms with Crippen molar-refractivity contribution in [2.24, 2.45) is 5.92 Å². The Morgan fingerprint density at radius 1 is 1.30 bits per heavy atom. The monoisotopic (exact) mass is 317 g/mol. The van der Waals surface area contributed by atoms with Crippen LogP contribution in [0.5, 0.6) is 0 Å². The molecule has 1 fully saturated rings. The van der Waals surface area contributed by atoms with Gasteiger partial charge in [-0.2, -0.15) is 0 Å². The normalized spacial score (nSPS) is 20.2. The Labute approximate surface area is 136 Å². The van der Waals surface area contributed by atoms with Crippen molar-refractivity contribution in [2.75, 3.05) is 13.7 Å². The molecule has 0 aliphatic carbocycles. The Hall–Kier alpha value is -2.30. The first kappa shape index (κ1) is 17.1. The lowest BCUT2D eigenvalue weighted by Crippen LogP contribution is -2.44. The molecular formula is C18H23NO4. The van der Waals surface area contributed by atoms with Crippen molar-refractivity contribution < 1.29 is 19.1 Å². The number of likely N-dealkylation sites (tertiary alicyclic amines) is 1. The first-order chi connectivity index (χ1) is 11.0. The Kier molecular flexibility index (Phi) is 5.79. The van der Waals surface area contributed by atoms with Gasteiger partial charge in [-0.1, -0.05) is 35.9 Å². The van der Waals surface area contributed by atoms with E-state index >= 15 is 0 Å². The van der Waals surface area contributed by atoms with Gasteiger partial charge in [-0.3, -0.25) is 4.90 Å². The molecule has 1 aliphatic heterocycles. The number of carbonyl (C=O) groups is 2. The van der Waals surface area contributed by atoms with Crippen LogP contribution in [-0.4, -0.2) is 36.7 Å². The average molecular weight is 317 g/mol. The topological polar surface area (TPSA) is 55.8 Å². The molecule has 0 radical (unpaired) electrons. The molecule has 1 aromatic carbocycles. The summed E-state index contributed by atoms with van der Waals surface area (Å²) in [6.45, 7) is 6.50. The SMILES string of the molecule is C=C(C)C[C@H]1CCN(C(=O)OCc2ccccc2)[C@@H]1C(=O)OC. The van der Waals surface area contributed by atoms with Crippen molar-refractivity contribution in [2.45, 2.75) is 32.4 Å². The summed E-state index contributed by atoms with van der Waals surface area (Å²) in [4.78, 5) is 25.9. The van der Waals surface area contributed by atoms with Crippen molar-refractivity contribution in [1.82, 2.24) is 4.90 Å². The van der Waals surface area contributed by atoms with Crippen LogP contribution in [0, 0.1) is 5.92 Å². The van der Waals surface area contributed by atoms with Crippen molar-refractivity contribution in [3.05, 3.63) is 48.0 Å². The number of hydrogen-bond acceptors (Lipinski definition) is 4. The van der Waals surface area contributed by atoms with Gasteiger partial charge in [0.25, 0.3) is 0 Å². The molecule has 23 heavy (non-hydrogen) atoms. The van der Waals surface area contributed by atoms with E-state index in [9.17, 15) is 9.59 Å². The number of ether oxygens (including phenoxy) is 2. The highest BCUT2D eigenvalue weighted by Gasteiger charge is 2.43. The highest BCUT2D eigenvalue weighted by Crippen LogP contribution is 2.30. The smallest absolute Gasteiger partial charge is 0.410 e. The zero-order valence-electron chi connectivity index (χ0n) is 13.7. The minimum absolute atomic E-state index is 0.0317. The van der Waals surface area contributed by atoms with E-state index in [0.717, 1.165) is 17.6 Å².